The first kappa shape index (κ1) is 49.4. The van der Waals surface area contributed by atoms with Gasteiger partial charge in [0.15, 0.2) is 0 Å². The molecule has 0 radical (unpaired) electrons. The third kappa shape index (κ3) is 11.2. The van der Waals surface area contributed by atoms with Crippen molar-refractivity contribution in [2.45, 2.75) is 102 Å². The van der Waals surface area contributed by atoms with Crippen LogP contribution in [0.5, 0.6) is 0 Å². The van der Waals surface area contributed by atoms with Crippen LogP contribution in [0, 0.1) is 30.6 Å². The van der Waals surface area contributed by atoms with E-state index in [9.17, 15) is 28.8 Å². The number of anilines is 1. The van der Waals surface area contributed by atoms with Crippen molar-refractivity contribution in [3.8, 4) is 11.8 Å². The Morgan fingerprint density at radius 1 is 0.789 bits per heavy atom. The minimum absolute atomic E-state index is 0.0132. The van der Waals surface area contributed by atoms with E-state index in [1.54, 1.807) is 17.7 Å². The van der Waals surface area contributed by atoms with Gasteiger partial charge in [-0.1, -0.05) is 54.3 Å². The van der Waals surface area contributed by atoms with Crippen molar-refractivity contribution >= 4 is 57.0 Å². The van der Waals surface area contributed by atoms with Crippen LogP contribution in [0.4, 0.5) is 5.69 Å². The van der Waals surface area contributed by atoms with E-state index in [4.69, 9.17) is 0 Å². The summed E-state index contributed by atoms with van der Waals surface area (Å²) in [6, 6.07) is 23.0. The number of carbonyl (C=O) groups excluding carboxylic acids is 5. The van der Waals surface area contributed by atoms with E-state index >= 15 is 0 Å². The molecule has 4 fully saturated rings. The summed E-state index contributed by atoms with van der Waals surface area (Å²) in [7, 11) is 3.80. The molecule has 9 rings (SSSR count). The van der Waals surface area contributed by atoms with Gasteiger partial charge >= 0.3 is 5.69 Å². The van der Waals surface area contributed by atoms with E-state index in [2.05, 4.69) is 68.9 Å². The number of likely N-dealkylation sites (tertiary alicyclic amines) is 3. The molecule has 0 aliphatic carbocycles. The van der Waals surface area contributed by atoms with Gasteiger partial charge in [0.2, 0.25) is 23.6 Å². The number of amides is 5. The molecule has 5 amide bonds. The van der Waals surface area contributed by atoms with Gasteiger partial charge in [0.1, 0.15) is 6.04 Å². The Labute approximate surface area is 416 Å². The summed E-state index contributed by atoms with van der Waals surface area (Å²) in [5.74, 6) is 6.99. The second kappa shape index (κ2) is 21.8. The molecular formula is C57H68N8O6. The molecule has 3 N–H and O–H groups in total. The molecule has 5 aromatic rings. The summed E-state index contributed by atoms with van der Waals surface area (Å²) in [4.78, 5) is 84.4. The molecule has 1 aromatic heterocycles. The van der Waals surface area contributed by atoms with Crippen molar-refractivity contribution in [2.75, 3.05) is 58.2 Å². The van der Waals surface area contributed by atoms with Crippen molar-refractivity contribution in [2.24, 2.45) is 18.9 Å². The number of benzene rings is 4. The number of nitrogens with one attached hydrogen (secondary N) is 3. The number of aryl methyl sites for hydroxylation is 2. The van der Waals surface area contributed by atoms with E-state index in [0.717, 1.165) is 123 Å². The zero-order chi connectivity index (χ0) is 49.8. The van der Waals surface area contributed by atoms with Crippen molar-refractivity contribution in [1.82, 2.24) is 34.5 Å². The molecule has 5 heterocycles. The Hall–Kier alpha value is -6.56. The first-order valence-electron chi connectivity index (χ1n) is 25.8. The zero-order valence-corrected chi connectivity index (χ0v) is 41.7. The number of imide groups is 1. The number of hydrogen-bond acceptors (Lipinski definition) is 8. The van der Waals surface area contributed by atoms with Crippen LogP contribution in [-0.2, 0) is 26.2 Å². The SMILES string of the molecule is Cc1ccc(NC(=O)C2CCN(C)CC2)cc1C(=O)N[C@H](C)c1ccc(C#CC2CCN(CCCCC(=O)N3CCC(c4ccc5c(c4)n(C)c(=O)n5C4CCC(=O)NC4=O)CC3)CC2)c2ccccc12. The number of unbranched alkanes of at least 4 members (excludes halogenated alkanes) is 1. The number of hydrogen-bond donors (Lipinski definition) is 3. The van der Waals surface area contributed by atoms with Gasteiger partial charge in [0.05, 0.1) is 17.1 Å². The Balaban J connectivity index is 0.713. The lowest BCUT2D eigenvalue weighted by molar-refractivity contribution is -0.136. The summed E-state index contributed by atoms with van der Waals surface area (Å²) in [6.07, 6.45) is 8.31. The van der Waals surface area contributed by atoms with Crippen LogP contribution in [0.25, 0.3) is 21.8 Å². The van der Waals surface area contributed by atoms with Crippen molar-refractivity contribution in [1.29, 1.82) is 0 Å². The Morgan fingerprint density at radius 3 is 2.28 bits per heavy atom. The molecule has 0 bridgehead atoms. The molecule has 4 aliphatic heterocycles. The molecule has 0 spiro atoms. The van der Waals surface area contributed by atoms with Crippen molar-refractivity contribution < 1.29 is 24.0 Å². The highest BCUT2D eigenvalue weighted by molar-refractivity contribution is 6.01. The topological polar surface area (TPSA) is 158 Å². The number of nitrogens with zero attached hydrogens (tertiary/aromatic N) is 5. The molecule has 4 saturated heterocycles. The Kier molecular flexibility index (Phi) is 15.2. The minimum atomic E-state index is -0.708. The molecule has 4 aliphatic rings. The monoisotopic (exact) mass is 961 g/mol. The highest BCUT2D eigenvalue weighted by Gasteiger charge is 2.32. The van der Waals surface area contributed by atoms with Gasteiger partial charge in [-0.15, -0.1) is 0 Å². The second-order valence-corrected chi connectivity index (χ2v) is 20.5. The number of carbonyl (C=O) groups is 5. The molecule has 2 atom stereocenters. The van der Waals surface area contributed by atoms with E-state index in [0.29, 0.717) is 48.6 Å². The first-order valence-corrected chi connectivity index (χ1v) is 25.8. The van der Waals surface area contributed by atoms with Gasteiger partial charge in [-0.05, 0) is 175 Å². The Morgan fingerprint density at radius 2 is 1.54 bits per heavy atom. The fourth-order valence-corrected chi connectivity index (χ4v) is 11.2. The van der Waals surface area contributed by atoms with E-state index in [-0.39, 0.29) is 53.6 Å². The quantitative estimate of drug-likeness (QED) is 0.0674. The predicted molar refractivity (Wildman–Crippen MR) is 277 cm³/mol. The fourth-order valence-electron chi connectivity index (χ4n) is 11.2. The largest absolute Gasteiger partial charge is 0.345 e. The third-order valence-electron chi connectivity index (χ3n) is 15.7. The number of piperidine rings is 4. The van der Waals surface area contributed by atoms with Crippen LogP contribution < -0.4 is 21.6 Å². The summed E-state index contributed by atoms with van der Waals surface area (Å²) >= 11 is 0. The smallest absolute Gasteiger partial charge is 0.329 e. The molecule has 0 saturated carbocycles. The van der Waals surface area contributed by atoms with E-state index < -0.39 is 11.9 Å². The van der Waals surface area contributed by atoms with Gasteiger partial charge in [-0.25, -0.2) is 4.79 Å². The molecule has 372 valence electrons. The maximum atomic E-state index is 13.7. The molecule has 14 heteroatoms. The molecule has 71 heavy (non-hydrogen) atoms. The zero-order valence-electron chi connectivity index (χ0n) is 41.7. The lowest BCUT2D eigenvalue weighted by Crippen LogP contribution is -2.44. The molecule has 1 unspecified atom stereocenters. The van der Waals surface area contributed by atoms with Gasteiger partial charge < -0.3 is 25.3 Å². The number of rotatable bonds is 12. The molecular weight excluding hydrogens is 893 g/mol. The van der Waals surface area contributed by atoms with Crippen LogP contribution in [-0.4, -0.2) is 106 Å². The van der Waals surface area contributed by atoms with E-state index in [1.807, 2.05) is 61.2 Å². The average Bonchev–Trinajstić information content (AvgIpc) is 3.62. The van der Waals surface area contributed by atoms with Gasteiger partial charge in [0, 0.05) is 61.6 Å². The van der Waals surface area contributed by atoms with Gasteiger partial charge in [-0.3, -0.25) is 38.4 Å². The Bertz CT molecular complexity index is 2960. The van der Waals surface area contributed by atoms with Crippen LogP contribution >= 0.6 is 0 Å². The average molecular weight is 961 g/mol. The third-order valence-corrected chi connectivity index (χ3v) is 15.7. The molecule has 4 aromatic carbocycles. The number of fused-ring (bicyclic) bond motifs is 2. The second-order valence-electron chi connectivity index (χ2n) is 20.5. The molecule has 14 nitrogen and oxygen atoms in total. The van der Waals surface area contributed by atoms with Crippen molar-refractivity contribution in [3.05, 3.63) is 111 Å². The highest BCUT2D eigenvalue weighted by Crippen LogP contribution is 2.33. The van der Waals surface area contributed by atoms with Crippen molar-refractivity contribution in [3.63, 3.8) is 0 Å². The summed E-state index contributed by atoms with van der Waals surface area (Å²) in [5, 5.41) is 10.8. The maximum Gasteiger partial charge on any atom is 0.329 e. The van der Waals surface area contributed by atoms with Gasteiger partial charge in [0.25, 0.3) is 5.91 Å². The number of imidazole rings is 1. The van der Waals surface area contributed by atoms with Crippen LogP contribution in [0.15, 0.2) is 77.6 Å². The number of aromatic nitrogens is 2. The fraction of sp³-hybridized carbons (Fsp3) is 0.474. The minimum Gasteiger partial charge on any atom is -0.345 e. The lowest BCUT2D eigenvalue weighted by atomic mass is 9.89. The first-order chi connectivity index (χ1) is 34.3. The summed E-state index contributed by atoms with van der Waals surface area (Å²) < 4.78 is 3.10. The van der Waals surface area contributed by atoms with Crippen LogP contribution in [0.2, 0.25) is 0 Å². The lowest BCUT2D eigenvalue weighted by Gasteiger charge is -2.32. The normalized spacial score (nSPS) is 19.3. The van der Waals surface area contributed by atoms with Crippen LogP contribution in [0.1, 0.15) is 128 Å². The maximum absolute atomic E-state index is 13.7. The summed E-state index contributed by atoms with van der Waals surface area (Å²) in [6.45, 7) is 10.1. The van der Waals surface area contributed by atoms with Crippen LogP contribution in [0.3, 0.4) is 0 Å². The highest BCUT2D eigenvalue weighted by atomic mass is 16.2. The predicted octanol–water partition coefficient (Wildman–Crippen LogP) is 7.19. The summed E-state index contributed by atoms with van der Waals surface area (Å²) in [5.41, 5.74) is 6.35. The van der Waals surface area contributed by atoms with E-state index in [1.165, 1.54) is 4.57 Å². The van der Waals surface area contributed by atoms with Gasteiger partial charge in [-0.2, -0.15) is 0 Å². The standard InChI is InChI=1S/C57H68N8O6/c1-37-12-17-44(59-54(68)42-24-29-61(3)30-25-42)36-48(37)55(69)58-38(2)45-18-15-41(46-9-5-6-10-47(45)46)14-13-39-22-31-63(32-23-39)28-8-7-11-53(67)64-33-26-40(27-34-64)43-16-19-49-51(35-43)62(4)57(71)65(49)50-20-21-52(66)60-56(50)70/h5-6,9-10,12,15-19,35-36,38-40,42,50H,7-8,11,20-34H2,1-4H3,(H,58,69)(H,59,68)(H,60,66,70)/t38-,50?/m1/s1.